The lowest BCUT2D eigenvalue weighted by Crippen LogP contribution is -2.28. The normalized spacial score (nSPS) is 11.6. The molecule has 0 fully saturated rings. The lowest BCUT2D eigenvalue weighted by atomic mass is 10.1. The van der Waals surface area contributed by atoms with Crippen molar-refractivity contribution in [3.05, 3.63) is 65.7 Å². The van der Waals surface area contributed by atoms with E-state index in [4.69, 9.17) is 0 Å². The van der Waals surface area contributed by atoms with Crippen molar-refractivity contribution in [1.82, 2.24) is 4.90 Å². The summed E-state index contributed by atoms with van der Waals surface area (Å²) in [6.45, 7) is 3.83. The van der Waals surface area contributed by atoms with Gasteiger partial charge in [-0.3, -0.25) is 9.59 Å². The van der Waals surface area contributed by atoms with Crippen LogP contribution >= 0.6 is 0 Å². The molecular weight excluding hydrogens is 288 g/mol. The molecule has 2 rings (SSSR count). The molecule has 0 bridgehead atoms. The van der Waals surface area contributed by atoms with Crippen molar-refractivity contribution < 1.29 is 9.59 Å². The van der Waals surface area contributed by atoms with Crippen LogP contribution in [-0.4, -0.2) is 23.8 Å². The van der Waals surface area contributed by atoms with E-state index in [1.165, 1.54) is 0 Å². The summed E-state index contributed by atoms with van der Waals surface area (Å²) < 4.78 is 0. The van der Waals surface area contributed by atoms with Gasteiger partial charge in [-0.2, -0.15) is 0 Å². The van der Waals surface area contributed by atoms with Crippen LogP contribution in [0.1, 0.15) is 42.2 Å². The van der Waals surface area contributed by atoms with Crippen molar-refractivity contribution in [3.63, 3.8) is 0 Å². The number of hydrogen-bond donors (Lipinski definition) is 1. The topological polar surface area (TPSA) is 49.4 Å². The van der Waals surface area contributed by atoms with Gasteiger partial charge in [0.25, 0.3) is 5.91 Å². The molecule has 23 heavy (non-hydrogen) atoms. The predicted molar refractivity (Wildman–Crippen MR) is 92.3 cm³/mol. The quantitative estimate of drug-likeness (QED) is 0.911. The number of carbonyl (C=O) groups excluding carboxylic acids is 2. The van der Waals surface area contributed by atoms with Crippen molar-refractivity contribution in [2.75, 3.05) is 12.4 Å². The lowest BCUT2D eigenvalue weighted by molar-refractivity contribution is -0.131. The summed E-state index contributed by atoms with van der Waals surface area (Å²) in [6, 6.07) is 16.6. The van der Waals surface area contributed by atoms with E-state index in [9.17, 15) is 9.59 Å². The molecule has 4 nitrogen and oxygen atoms in total. The average molecular weight is 310 g/mol. The Balaban J connectivity index is 2.14. The number of carbonyl (C=O) groups is 2. The van der Waals surface area contributed by atoms with Crippen LogP contribution in [0.3, 0.4) is 0 Å². The average Bonchev–Trinajstić information content (AvgIpc) is 2.60. The second-order valence-electron chi connectivity index (χ2n) is 5.48. The van der Waals surface area contributed by atoms with Crippen molar-refractivity contribution in [2.45, 2.75) is 26.3 Å². The van der Waals surface area contributed by atoms with Gasteiger partial charge in [-0.15, -0.1) is 0 Å². The van der Waals surface area contributed by atoms with Crippen LogP contribution in [0.4, 0.5) is 5.69 Å². The molecule has 1 unspecified atom stereocenters. The third-order valence-corrected chi connectivity index (χ3v) is 3.94. The van der Waals surface area contributed by atoms with Gasteiger partial charge < -0.3 is 10.2 Å². The van der Waals surface area contributed by atoms with Gasteiger partial charge in [-0.05, 0) is 36.8 Å². The molecule has 0 saturated carbocycles. The van der Waals surface area contributed by atoms with E-state index in [0.717, 1.165) is 11.3 Å². The molecule has 4 heteroatoms. The van der Waals surface area contributed by atoms with Crippen LogP contribution in [0.25, 0.3) is 0 Å². The molecule has 0 aliphatic heterocycles. The van der Waals surface area contributed by atoms with Gasteiger partial charge in [0.2, 0.25) is 5.91 Å². The summed E-state index contributed by atoms with van der Waals surface area (Å²) >= 11 is 0. The highest BCUT2D eigenvalue weighted by Gasteiger charge is 2.16. The minimum atomic E-state index is -0.145. The van der Waals surface area contributed by atoms with Crippen molar-refractivity contribution >= 4 is 17.5 Å². The fourth-order valence-corrected chi connectivity index (χ4v) is 2.36. The monoisotopic (exact) mass is 310 g/mol. The maximum absolute atomic E-state index is 12.2. The molecule has 0 spiro atoms. The van der Waals surface area contributed by atoms with Crippen LogP contribution in [-0.2, 0) is 4.79 Å². The van der Waals surface area contributed by atoms with Gasteiger partial charge >= 0.3 is 0 Å². The number of rotatable bonds is 5. The van der Waals surface area contributed by atoms with E-state index in [-0.39, 0.29) is 17.9 Å². The van der Waals surface area contributed by atoms with Crippen molar-refractivity contribution in [2.24, 2.45) is 0 Å². The number of hydrogen-bond acceptors (Lipinski definition) is 2. The molecule has 120 valence electrons. The number of anilines is 1. The smallest absolute Gasteiger partial charge is 0.255 e. The Morgan fingerprint density at radius 1 is 1.09 bits per heavy atom. The highest BCUT2D eigenvalue weighted by atomic mass is 16.2. The molecule has 2 amide bonds. The maximum Gasteiger partial charge on any atom is 0.255 e. The Kier molecular flexibility index (Phi) is 5.52. The van der Waals surface area contributed by atoms with Gasteiger partial charge in [0.15, 0.2) is 0 Å². The van der Waals surface area contributed by atoms with Crippen LogP contribution in [0.15, 0.2) is 54.6 Å². The Hall–Kier alpha value is -2.62. The predicted octanol–water partition coefficient (Wildman–Crippen LogP) is 3.87. The number of nitrogens with one attached hydrogen (secondary N) is 1. The summed E-state index contributed by atoms with van der Waals surface area (Å²) in [5, 5.41) is 2.89. The zero-order valence-corrected chi connectivity index (χ0v) is 13.7. The molecule has 2 aromatic rings. The molecule has 2 aromatic carbocycles. The molecule has 0 aliphatic rings. The lowest BCUT2D eigenvalue weighted by Gasteiger charge is -2.25. The SMILES string of the molecule is CCC(=O)N(C)C(C)c1cccc(NC(=O)c2ccccc2)c1. The molecule has 1 atom stereocenters. The molecule has 0 radical (unpaired) electrons. The zero-order valence-electron chi connectivity index (χ0n) is 13.7. The molecule has 0 heterocycles. The standard InChI is InChI=1S/C19H22N2O2/c1-4-18(22)21(3)14(2)16-11-8-12-17(13-16)20-19(23)15-9-6-5-7-10-15/h5-14H,4H2,1-3H3,(H,20,23). The second-order valence-corrected chi connectivity index (χ2v) is 5.48. The summed E-state index contributed by atoms with van der Waals surface area (Å²) in [5.74, 6) is -0.0513. The second kappa shape index (κ2) is 7.58. The first-order chi connectivity index (χ1) is 11.0. The third kappa shape index (κ3) is 4.19. The fraction of sp³-hybridized carbons (Fsp3) is 0.263. The maximum atomic E-state index is 12.2. The van der Waals surface area contributed by atoms with Crippen LogP contribution in [0, 0.1) is 0 Å². The largest absolute Gasteiger partial charge is 0.339 e. The summed E-state index contributed by atoms with van der Waals surface area (Å²) in [5.41, 5.74) is 2.32. The van der Waals surface area contributed by atoms with Gasteiger partial charge in [0, 0.05) is 24.7 Å². The third-order valence-electron chi connectivity index (χ3n) is 3.94. The van der Waals surface area contributed by atoms with Crippen molar-refractivity contribution in [1.29, 1.82) is 0 Å². The molecule has 0 aliphatic carbocycles. The summed E-state index contributed by atoms with van der Waals surface area (Å²) in [6.07, 6.45) is 0.477. The first-order valence-corrected chi connectivity index (χ1v) is 7.75. The van der Waals surface area contributed by atoms with Gasteiger partial charge in [0.05, 0.1) is 6.04 Å². The van der Waals surface area contributed by atoms with Crippen LogP contribution < -0.4 is 5.32 Å². The first kappa shape index (κ1) is 16.7. The number of nitrogens with zero attached hydrogens (tertiary/aromatic N) is 1. The van der Waals surface area contributed by atoms with Gasteiger partial charge in [0.1, 0.15) is 0 Å². The summed E-state index contributed by atoms with van der Waals surface area (Å²) in [4.78, 5) is 25.8. The fourth-order valence-electron chi connectivity index (χ4n) is 2.36. The zero-order chi connectivity index (χ0) is 16.8. The Labute approximate surface area is 137 Å². The number of benzene rings is 2. The van der Waals surface area contributed by atoms with E-state index in [0.29, 0.717) is 12.0 Å². The molecule has 0 aromatic heterocycles. The Morgan fingerprint density at radius 2 is 1.78 bits per heavy atom. The van der Waals surface area contributed by atoms with E-state index in [2.05, 4.69) is 5.32 Å². The molecule has 0 saturated heterocycles. The van der Waals surface area contributed by atoms with E-state index < -0.39 is 0 Å². The minimum absolute atomic E-state index is 0.0453. The molecular formula is C19H22N2O2. The van der Waals surface area contributed by atoms with Crippen LogP contribution in [0.5, 0.6) is 0 Å². The summed E-state index contributed by atoms with van der Waals surface area (Å²) in [7, 11) is 1.80. The molecule has 1 N–H and O–H groups in total. The van der Waals surface area contributed by atoms with Gasteiger partial charge in [-0.25, -0.2) is 0 Å². The van der Waals surface area contributed by atoms with E-state index >= 15 is 0 Å². The minimum Gasteiger partial charge on any atom is -0.339 e. The van der Waals surface area contributed by atoms with E-state index in [1.54, 1.807) is 24.1 Å². The highest BCUT2D eigenvalue weighted by molar-refractivity contribution is 6.04. The van der Waals surface area contributed by atoms with Crippen LogP contribution in [0.2, 0.25) is 0 Å². The van der Waals surface area contributed by atoms with Gasteiger partial charge in [-0.1, -0.05) is 37.3 Å². The highest BCUT2D eigenvalue weighted by Crippen LogP contribution is 2.22. The Bertz CT molecular complexity index is 683. The van der Waals surface area contributed by atoms with E-state index in [1.807, 2.05) is 56.3 Å². The first-order valence-electron chi connectivity index (χ1n) is 7.75. The Morgan fingerprint density at radius 3 is 2.43 bits per heavy atom. The van der Waals surface area contributed by atoms with Crippen molar-refractivity contribution in [3.8, 4) is 0 Å². The number of amides is 2.